The molecule has 176 valence electrons. The van der Waals surface area contributed by atoms with Crippen LogP contribution in [0.15, 0.2) is 72.4 Å². The minimum Gasteiger partial charge on any atom is -0.340 e. The molecule has 0 bridgehead atoms. The van der Waals surface area contributed by atoms with Crippen LogP contribution in [-0.2, 0) is 17.9 Å². The summed E-state index contributed by atoms with van der Waals surface area (Å²) in [5.41, 5.74) is 4.79. The van der Waals surface area contributed by atoms with Crippen LogP contribution in [0.5, 0.6) is 0 Å². The molecule has 4 aromatic rings. The maximum absolute atomic E-state index is 13.1. The van der Waals surface area contributed by atoms with Crippen molar-refractivity contribution in [1.29, 1.82) is 0 Å². The number of carbonyl (C=O) groups is 2. The van der Waals surface area contributed by atoms with Gasteiger partial charge in [0.1, 0.15) is 5.70 Å². The van der Waals surface area contributed by atoms with Gasteiger partial charge in [-0.05, 0) is 54.5 Å². The van der Waals surface area contributed by atoms with Gasteiger partial charge in [0.05, 0.1) is 6.54 Å². The number of carbonyl (C=O) groups excluding carboxylic acids is 2. The van der Waals surface area contributed by atoms with Crippen LogP contribution in [0.3, 0.4) is 0 Å². The highest BCUT2D eigenvalue weighted by molar-refractivity contribution is 6.35. The highest BCUT2D eigenvalue weighted by atomic mass is 35.5. The molecule has 0 radical (unpaired) electrons. The fraction of sp³-hybridized carbons (Fsp3) is 0.111. The number of nitrogens with zero attached hydrogens (tertiary/aromatic N) is 2. The van der Waals surface area contributed by atoms with E-state index in [2.05, 4.69) is 9.88 Å². The highest BCUT2D eigenvalue weighted by Crippen LogP contribution is 2.31. The number of imide groups is 1. The Morgan fingerprint density at radius 2 is 1.60 bits per heavy atom. The summed E-state index contributed by atoms with van der Waals surface area (Å²) in [4.78, 5) is 26.9. The van der Waals surface area contributed by atoms with Gasteiger partial charge < -0.3 is 9.88 Å². The fourth-order valence-corrected chi connectivity index (χ4v) is 4.89. The molecular formula is C27H20Cl3N3O2. The molecule has 3 aromatic carbocycles. The fourth-order valence-electron chi connectivity index (χ4n) is 4.30. The molecule has 1 aromatic heterocycles. The van der Waals surface area contributed by atoms with E-state index in [9.17, 15) is 9.59 Å². The Balaban J connectivity index is 1.51. The van der Waals surface area contributed by atoms with Gasteiger partial charge in [-0.25, -0.2) is 4.79 Å². The van der Waals surface area contributed by atoms with Crippen LogP contribution in [0.2, 0.25) is 15.1 Å². The molecule has 2 heterocycles. The van der Waals surface area contributed by atoms with Gasteiger partial charge in [-0.15, -0.1) is 0 Å². The zero-order valence-electron chi connectivity index (χ0n) is 18.7. The molecule has 5 nitrogen and oxygen atoms in total. The summed E-state index contributed by atoms with van der Waals surface area (Å²) in [5.74, 6) is -0.373. The summed E-state index contributed by atoms with van der Waals surface area (Å²) in [7, 11) is 0. The number of halogens is 3. The maximum Gasteiger partial charge on any atom is 0.329 e. The predicted molar refractivity (Wildman–Crippen MR) is 141 cm³/mol. The molecule has 0 aliphatic carbocycles. The second kappa shape index (κ2) is 9.42. The lowest BCUT2D eigenvalue weighted by Gasteiger charge is -2.11. The molecule has 1 saturated heterocycles. The third-order valence-electron chi connectivity index (χ3n) is 6.13. The lowest BCUT2D eigenvalue weighted by atomic mass is 10.1. The standard InChI is InChI=1S/C27H20Cl3N3O2/c1-16-22(13-24-26(34)33(27(35)31-24)14-17-6-9-19(28)10-7-17)21-4-2-3-5-25(21)32(16)15-18-8-11-20(29)12-23(18)30/h2-13H,14-15H2,1H3,(H,31,35)/b24-13-. The van der Waals surface area contributed by atoms with Crippen molar-refractivity contribution in [2.45, 2.75) is 20.0 Å². The molecule has 1 N–H and O–H groups in total. The van der Waals surface area contributed by atoms with Crippen LogP contribution in [0.4, 0.5) is 4.79 Å². The van der Waals surface area contributed by atoms with Gasteiger partial charge in [0.25, 0.3) is 5.91 Å². The molecular weight excluding hydrogens is 505 g/mol. The molecule has 8 heteroatoms. The number of rotatable bonds is 5. The molecule has 0 saturated carbocycles. The molecule has 1 aliphatic rings. The largest absolute Gasteiger partial charge is 0.340 e. The molecule has 1 fully saturated rings. The molecule has 3 amide bonds. The minimum atomic E-state index is -0.453. The summed E-state index contributed by atoms with van der Waals surface area (Å²) in [6.45, 7) is 2.69. The van der Waals surface area contributed by atoms with Crippen molar-refractivity contribution >= 4 is 63.7 Å². The Morgan fingerprint density at radius 3 is 2.34 bits per heavy atom. The van der Waals surface area contributed by atoms with E-state index in [0.717, 1.165) is 33.3 Å². The Bertz CT molecular complexity index is 1510. The highest BCUT2D eigenvalue weighted by Gasteiger charge is 2.34. The Hall–Kier alpha value is -3.25. The second-order valence-corrected chi connectivity index (χ2v) is 9.62. The first-order valence-corrected chi connectivity index (χ1v) is 12.1. The van der Waals surface area contributed by atoms with Crippen molar-refractivity contribution in [3.8, 4) is 0 Å². The van der Waals surface area contributed by atoms with Crippen molar-refractivity contribution in [1.82, 2.24) is 14.8 Å². The van der Waals surface area contributed by atoms with Gasteiger partial charge in [0.15, 0.2) is 0 Å². The zero-order chi connectivity index (χ0) is 24.7. The third kappa shape index (κ3) is 4.55. The minimum absolute atomic E-state index is 0.162. The monoisotopic (exact) mass is 523 g/mol. The Morgan fingerprint density at radius 1 is 0.886 bits per heavy atom. The molecule has 0 spiro atoms. The van der Waals surface area contributed by atoms with Crippen LogP contribution in [0.1, 0.15) is 22.4 Å². The van der Waals surface area contributed by atoms with Crippen molar-refractivity contribution in [2.24, 2.45) is 0 Å². The van der Waals surface area contributed by atoms with Gasteiger partial charge >= 0.3 is 6.03 Å². The second-order valence-electron chi connectivity index (χ2n) is 8.34. The SMILES string of the molecule is Cc1c(/C=C2\NC(=O)N(Cc3ccc(Cl)cc3)C2=O)c2ccccc2n1Cc1ccc(Cl)cc1Cl. The summed E-state index contributed by atoms with van der Waals surface area (Å²) >= 11 is 18.5. The lowest BCUT2D eigenvalue weighted by Crippen LogP contribution is -2.30. The van der Waals surface area contributed by atoms with Crippen LogP contribution < -0.4 is 5.32 Å². The topological polar surface area (TPSA) is 54.3 Å². The Labute approximate surface area is 217 Å². The van der Waals surface area contributed by atoms with Crippen LogP contribution >= 0.6 is 34.8 Å². The van der Waals surface area contributed by atoms with E-state index < -0.39 is 6.03 Å². The van der Waals surface area contributed by atoms with Crippen LogP contribution in [0, 0.1) is 6.92 Å². The van der Waals surface area contributed by atoms with Crippen LogP contribution in [-0.4, -0.2) is 21.4 Å². The smallest absolute Gasteiger partial charge is 0.329 e. The molecule has 0 atom stereocenters. The quantitative estimate of drug-likeness (QED) is 0.225. The number of nitrogens with one attached hydrogen (secondary N) is 1. The molecule has 35 heavy (non-hydrogen) atoms. The normalized spacial score (nSPS) is 14.9. The number of amides is 3. The molecule has 5 rings (SSSR count). The summed E-state index contributed by atoms with van der Waals surface area (Å²) in [5, 5.41) is 5.47. The van der Waals surface area contributed by atoms with Gasteiger partial charge in [-0.1, -0.05) is 71.2 Å². The summed E-state index contributed by atoms with van der Waals surface area (Å²) in [6, 6.07) is 20.0. The van der Waals surface area contributed by atoms with Crippen molar-refractivity contribution in [3.05, 3.63) is 110 Å². The zero-order valence-corrected chi connectivity index (χ0v) is 21.0. The van der Waals surface area contributed by atoms with Crippen molar-refractivity contribution in [3.63, 3.8) is 0 Å². The maximum atomic E-state index is 13.1. The predicted octanol–water partition coefficient (Wildman–Crippen LogP) is 7.05. The average Bonchev–Trinajstić information content (AvgIpc) is 3.25. The first-order chi connectivity index (χ1) is 16.8. The van der Waals surface area contributed by atoms with E-state index in [-0.39, 0.29) is 18.1 Å². The van der Waals surface area contributed by atoms with Gasteiger partial charge in [0.2, 0.25) is 0 Å². The van der Waals surface area contributed by atoms with E-state index in [1.165, 1.54) is 4.90 Å². The van der Waals surface area contributed by atoms with Crippen molar-refractivity contribution in [2.75, 3.05) is 0 Å². The number of hydrogen-bond donors (Lipinski definition) is 1. The first kappa shape index (κ1) is 23.5. The number of para-hydroxylation sites is 1. The number of urea groups is 1. The number of aromatic nitrogens is 1. The van der Waals surface area contributed by atoms with Crippen LogP contribution in [0.25, 0.3) is 17.0 Å². The van der Waals surface area contributed by atoms with E-state index in [1.54, 1.807) is 36.4 Å². The Kier molecular flexibility index (Phi) is 6.32. The van der Waals surface area contributed by atoms with Gasteiger partial charge in [0, 0.05) is 43.8 Å². The van der Waals surface area contributed by atoms with E-state index >= 15 is 0 Å². The van der Waals surface area contributed by atoms with E-state index in [0.29, 0.717) is 21.6 Å². The first-order valence-electron chi connectivity index (χ1n) is 10.9. The number of benzene rings is 3. The van der Waals surface area contributed by atoms with Crippen molar-refractivity contribution < 1.29 is 9.59 Å². The lowest BCUT2D eigenvalue weighted by molar-refractivity contribution is -0.123. The van der Waals surface area contributed by atoms with E-state index in [1.807, 2.05) is 43.3 Å². The number of hydrogen-bond acceptors (Lipinski definition) is 2. The molecule has 1 aliphatic heterocycles. The average molecular weight is 525 g/mol. The summed E-state index contributed by atoms with van der Waals surface area (Å²) in [6.07, 6.45) is 1.75. The van der Waals surface area contributed by atoms with E-state index in [4.69, 9.17) is 34.8 Å². The third-order valence-corrected chi connectivity index (χ3v) is 6.97. The van der Waals surface area contributed by atoms with Gasteiger partial charge in [-0.3, -0.25) is 9.69 Å². The summed E-state index contributed by atoms with van der Waals surface area (Å²) < 4.78 is 2.14. The van der Waals surface area contributed by atoms with Gasteiger partial charge in [-0.2, -0.15) is 0 Å². The number of fused-ring (bicyclic) bond motifs is 1. The molecule has 0 unspecified atom stereocenters.